The number of nitrogens with one attached hydrogen (secondary N) is 2. The quantitative estimate of drug-likeness (QED) is 0.683. The van der Waals surface area contributed by atoms with E-state index in [2.05, 4.69) is 25.5 Å². The number of fused-ring (bicyclic) bond motifs is 1. The Morgan fingerprint density at radius 2 is 2.31 bits per heavy atom. The topological polar surface area (TPSA) is 79.6 Å². The minimum absolute atomic E-state index is 0.400. The van der Waals surface area contributed by atoms with Gasteiger partial charge in [0.25, 0.3) is 0 Å². The molecule has 0 saturated carbocycles. The van der Waals surface area contributed by atoms with Crippen LogP contribution < -0.4 is 5.32 Å². The van der Waals surface area contributed by atoms with E-state index in [0.29, 0.717) is 12.0 Å². The lowest BCUT2D eigenvalue weighted by molar-refractivity contribution is 0.622. The van der Waals surface area contributed by atoms with Crippen molar-refractivity contribution in [3.8, 4) is 0 Å². The molecule has 0 amide bonds. The molecule has 0 aliphatic heterocycles. The van der Waals surface area contributed by atoms with Crippen molar-refractivity contribution in [1.29, 1.82) is 0 Å². The molecule has 0 fully saturated rings. The number of aryl methyl sites for hydroxylation is 1. The van der Waals surface area contributed by atoms with E-state index in [4.69, 9.17) is 4.42 Å². The average Bonchev–Trinajstić information content (AvgIpc) is 2.86. The van der Waals surface area contributed by atoms with Gasteiger partial charge in [0.1, 0.15) is 11.8 Å². The Kier molecular flexibility index (Phi) is 1.86. The van der Waals surface area contributed by atoms with Gasteiger partial charge in [0, 0.05) is 0 Å². The predicted molar refractivity (Wildman–Crippen MR) is 58.4 cm³/mol. The summed E-state index contributed by atoms with van der Waals surface area (Å²) >= 11 is 0. The second-order valence-electron chi connectivity index (χ2n) is 3.45. The van der Waals surface area contributed by atoms with E-state index in [0.717, 1.165) is 16.7 Å². The molecule has 0 atom stereocenters. The summed E-state index contributed by atoms with van der Waals surface area (Å²) in [5.74, 6) is 0.503. The largest absolute Gasteiger partial charge is 0.423 e. The molecule has 0 unspecified atom stereocenters. The van der Waals surface area contributed by atoms with Gasteiger partial charge in [-0.1, -0.05) is 6.07 Å². The number of rotatable bonds is 2. The van der Waals surface area contributed by atoms with Crippen LogP contribution in [0.15, 0.2) is 28.9 Å². The first-order valence-corrected chi connectivity index (χ1v) is 4.81. The van der Waals surface area contributed by atoms with E-state index >= 15 is 0 Å². The lowest BCUT2D eigenvalue weighted by Gasteiger charge is -1.92. The molecule has 80 valence electrons. The number of oxazole rings is 1. The second-order valence-corrected chi connectivity index (χ2v) is 3.45. The number of anilines is 2. The zero-order valence-corrected chi connectivity index (χ0v) is 8.56. The van der Waals surface area contributed by atoms with Crippen molar-refractivity contribution in [3.63, 3.8) is 0 Å². The highest BCUT2D eigenvalue weighted by Gasteiger charge is 2.06. The molecule has 3 rings (SSSR count). The summed E-state index contributed by atoms with van der Waals surface area (Å²) in [5, 5.41) is 9.27. The molecular formula is C10H9N5O. The van der Waals surface area contributed by atoms with Crippen molar-refractivity contribution in [3.05, 3.63) is 30.1 Å². The number of hydrogen-bond acceptors (Lipinski definition) is 5. The van der Waals surface area contributed by atoms with E-state index in [1.54, 1.807) is 0 Å². The zero-order valence-electron chi connectivity index (χ0n) is 8.56. The summed E-state index contributed by atoms with van der Waals surface area (Å²) < 4.78 is 5.49. The summed E-state index contributed by atoms with van der Waals surface area (Å²) in [7, 11) is 0. The lowest BCUT2D eigenvalue weighted by atomic mass is 10.2. The molecule has 2 N–H and O–H groups in total. The number of aromatic nitrogens is 4. The van der Waals surface area contributed by atoms with Crippen LogP contribution in [0.3, 0.4) is 0 Å². The van der Waals surface area contributed by atoms with Crippen LogP contribution in [0, 0.1) is 6.92 Å². The van der Waals surface area contributed by atoms with E-state index in [1.165, 1.54) is 6.33 Å². The van der Waals surface area contributed by atoms with Gasteiger partial charge in [0.05, 0.1) is 0 Å². The van der Waals surface area contributed by atoms with Crippen LogP contribution in [-0.4, -0.2) is 20.2 Å². The fourth-order valence-electron chi connectivity index (χ4n) is 1.46. The van der Waals surface area contributed by atoms with Gasteiger partial charge in [-0.2, -0.15) is 15.1 Å². The highest BCUT2D eigenvalue weighted by Crippen LogP contribution is 2.21. The molecule has 0 spiro atoms. The van der Waals surface area contributed by atoms with E-state index in [9.17, 15) is 0 Å². The third-order valence-corrected chi connectivity index (χ3v) is 2.18. The molecule has 2 heterocycles. The second kappa shape index (κ2) is 3.34. The van der Waals surface area contributed by atoms with Gasteiger partial charge < -0.3 is 4.42 Å². The number of hydrogen-bond donors (Lipinski definition) is 2. The van der Waals surface area contributed by atoms with Crippen molar-refractivity contribution in [1.82, 2.24) is 20.2 Å². The van der Waals surface area contributed by atoms with Gasteiger partial charge in [0.15, 0.2) is 5.58 Å². The normalized spacial score (nSPS) is 10.8. The summed E-state index contributed by atoms with van der Waals surface area (Å²) in [4.78, 5) is 8.20. The highest BCUT2D eigenvalue weighted by atomic mass is 16.4. The minimum atomic E-state index is 0.400. The maximum atomic E-state index is 5.49. The lowest BCUT2D eigenvalue weighted by Crippen LogP contribution is -1.91. The number of nitrogens with zero attached hydrogens (tertiary/aromatic N) is 3. The van der Waals surface area contributed by atoms with Crippen LogP contribution in [-0.2, 0) is 0 Å². The zero-order chi connectivity index (χ0) is 11.0. The van der Waals surface area contributed by atoms with Crippen molar-refractivity contribution in [2.45, 2.75) is 6.92 Å². The predicted octanol–water partition coefficient (Wildman–Crippen LogP) is 2.00. The molecule has 0 aliphatic carbocycles. The number of H-pyrrole nitrogens is 1. The van der Waals surface area contributed by atoms with Gasteiger partial charge in [-0.15, -0.1) is 0 Å². The Morgan fingerprint density at radius 1 is 1.38 bits per heavy atom. The fourth-order valence-corrected chi connectivity index (χ4v) is 1.46. The first-order valence-electron chi connectivity index (χ1n) is 4.81. The van der Waals surface area contributed by atoms with E-state index < -0.39 is 0 Å². The van der Waals surface area contributed by atoms with Crippen molar-refractivity contribution in [2.24, 2.45) is 0 Å². The Hall–Kier alpha value is -2.37. The number of benzene rings is 1. The van der Waals surface area contributed by atoms with E-state index in [1.807, 2.05) is 25.1 Å². The molecule has 6 nitrogen and oxygen atoms in total. The Bertz CT molecular complexity index is 613. The van der Waals surface area contributed by atoms with Crippen molar-refractivity contribution in [2.75, 3.05) is 5.32 Å². The highest BCUT2D eigenvalue weighted by molar-refractivity contribution is 5.75. The van der Waals surface area contributed by atoms with Crippen molar-refractivity contribution < 1.29 is 4.42 Å². The van der Waals surface area contributed by atoms with Crippen LogP contribution in [0.2, 0.25) is 0 Å². The molecule has 3 aromatic rings. The van der Waals surface area contributed by atoms with Crippen LogP contribution >= 0.6 is 0 Å². The molecule has 1 aromatic carbocycles. The summed E-state index contributed by atoms with van der Waals surface area (Å²) in [6.07, 6.45) is 1.41. The molecule has 2 aromatic heterocycles. The van der Waals surface area contributed by atoms with Gasteiger partial charge in [-0.3, -0.25) is 5.32 Å². The summed E-state index contributed by atoms with van der Waals surface area (Å²) in [6.45, 7) is 2.01. The molecular weight excluding hydrogens is 206 g/mol. The van der Waals surface area contributed by atoms with Gasteiger partial charge >= 0.3 is 6.01 Å². The van der Waals surface area contributed by atoms with Crippen LogP contribution in [0.25, 0.3) is 11.1 Å². The van der Waals surface area contributed by atoms with E-state index in [-0.39, 0.29) is 0 Å². The molecule has 16 heavy (non-hydrogen) atoms. The minimum Gasteiger partial charge on any atom is -0.423 e. The smallest absolute Gasteiger partial charge is 0.302 e. The first-order chi connectivity index (χ1) is 7.81. The Labute approximate surface area is 90.7 Å². The van der Waals surface area contributed by atoms with Crippen LogP contribution in [0.4, 0.5) is 12.0 Å². The molecule has 0 aliphatic rings. The Balaban J connectivity index is 1.99. The third-order valence-electron chi connectivity index (χ3n) is 2.18. The summed E-state index contributed by atoms with van der Waals surface area (Å²) in [5.41, 5.74) is 2.71. The van der Waals surface area contributed by atoms with Crippen molar-refractivity contribution >= 4 is 23.1 Å². The number of aromatic amines is 1. The first kappa shape index (κ1) is 8.90. The van der Waals surface area contributed by atoms with Gasteiger partial charge in [-0.25, -0.2) is 5.10 Å². The third kappa shape index (κ3) is 1.50. The Morgan fingerprint density at radius 3 is 3.12 bits per heavy atom. The monoisotopic (exact) mass is 215 g/mol. The van der Waals surface area contributed by atoms with Gasteiger partial charge in [-0.05, 0) is 24.6 Å². The standard InChI is InChI=1S/C10H9N5O/c1-6-2-3-8-7(4-6)13-10(16-8)14-9-11-5-12-15-9/h2-5H,1H3,(H2,11,12,13,14,15). The molecule has 6 heteroatoms. The van der Waals surface area contributed by atoms with Crippen LogP contribution in [0.5, 0.6) is 0 Å². The molecule has 0 saturated heterocycles. The maximum absolute atomic E-state index is 5.49. The SMILES string of the molecule is Cc1ccc2oc(Nc3ncn[nH]3)nc2c1. The summed E-state index contributed by atoms with van der Waals surface area (Å²) in [6, 6.07) is 6.23. The molecule has 0 radical (unpaired) electrons. The van der Waals surface area contributed by atoms with Gasteiger partial charge in [0.2, 0.25) is 5.95 Å². The fraction of sp³-hybridized carbons (Fsp3) is 0.100. The average molecular weight is 215 g/mol. The maximum Gasteiger partial charge on any atom is 0.302 e. The molecule has 0 bridgehead atoms. The van der Waals surface area contributed by atoms with Crippen LogP contribution in [0.1, 0.15) is 5.56 Å².